The van der Waals surface area contributed by atoms with Crippen LogP contribution in [0.15, 0.2) is 36.8 Å². The summed E-state index contributed by atoms with van der Waals surface area (Å²) in [5.74, 6) is -0.359. The van der Waals surface area contributed by atoms with Crippen molar-refractivity contribution >= 4 is 27.9 Å². The topological polar surface area (TPSA) is 44.1 Å². The first-order valence-electron chi connectivity index (χ1n) is 7.05. The SMILES string of the molecule is COC(=O)c1cncn1C(C)c1cc[c]([Sn]([CH3])([CH3])[CH3])cc1. The first-order chi connectivity index (χ1) is 9.84. The molecule has 4 nitrogen and oxygen atoms in total. The van der Waals surface area contributed by atoms with Crippen molar-refractivity contribution < 1.29 is 9.53 Å². The van der Waals surface area contributed by atoms with Crippen molar-refractivity contribution in [2.75, 3.05) is 7.11 Å². The molecule has 0 saturated carbocycles. The van der Waals surface area contributed by atoms with Gasteiger partial charge in [0.15, 0.2) is 0 Å². The van der Waals surface area contributed by atoms with Crippen LogP contribution in [-0.2, 0) is 4.74 Å². The van der Waals surface area contributed by atoms with Gasteiger partial charge in [0.1, 0.15) is 0 Å². The van der Waals surface area contributed by atoms with E-state index in [1.54, 1.807) is 12.5 Å². The molecular formula is C16H22N2O2Sn. The van der Waals surface area contributed by atoms with Gasteiger partial charge in [-0.15, -0.1) is 0 Å². The van der Waals surface area contributed by atoms with E-state index in [0.717, 1.165) is 5.56 Å². The number of hydrogen-bond acceptors (Lipinski definition) is 3. The molecular weight excluding hydrogens is 371 g/mol. The monoisotopic (exact) mass is 394 g/mol. The molecule has 21 heavy (non-hydrogen) atoms. The third kappa shape index (κ3) is 3.48. The fourth-order valence-corrected chi connectivity index (χ4v) is 5.63. The number of carbonyl (C=O) groups is 1. The molecule has 112 valence electrons. The van der Waals surface area contributed by atoms with E-state index in [-0.39, 0.29) is 12.0 Å². The fourth-order valence-electron chi connectivity index (χ4n) is 2.30. The van der Waals surface area contributed by atoms with Crippen LogP contribution in [0.1, 0.15) is 29.0 Å². The summed E-state index contributed by atoms with van der Waals surface area (Å²) < 4.78 is 8.14. The van der Waals surface area contributed by atoms with Crippen molar-refractivity contribution in [1.82, 2.24) is 9.55 Å². The second-order valence-electron chi connectivity index (χ2n) is 6.23. The van der Waals surface area contributed by atoms with Gasteiger partial charge in [-0.05, 0) is 0 Å². The predicted octanol–water partition coefficient (Wildman–Crippen LogP) is 2.82. The average Bonchev–Trinajstić information content (AvgIpc) is 2.94. The zero-order chi connectivity index (χ0) is 15.6. The Labute approximate surface area is 130 Å². The molecule has 1 aromatic carbocycles. The number of imidazole rings is 1. The number of methoxy groups -OCH3 is 1. The van der Waals surface area contributed by atoms with Crippen molar-refractivity contribution in [2.45, 2.75) is 27.8 Å². The van der Waals surface area contributed by atoms with E-state index < -0.39 is 18.4 Å². The summed E-state index contributed by atoms with van der Waals surface area (Å²) in [5.41, 5.74) is 1.64. The second kappa shape index (κ2) is 6.22. The summed E-state index contributed by atoms with van der Waals surface area (Å²) in [4.78, 5) is 23.0. The Balaban J connectivity index is 2.31. The van der Waals surface area contributed by atoms with Gasteiger partial charge in [0.2, 0.25) is 0 Å². The molecule has 1 heterocycles. The van der Waals surface area contributed by atoms with Crippen molar-refractivity contribution in [1.29, 1.82) is 0 Å². The van der Waals surface area contributed by atoms with Gasteiger partial charge in [0.05, 0.1) is 0 Å². The number of aromatic nitrogens is 2. The molecule has 0 amide bonds. The van der Waals surface area contributed by atoms with Gasteiger partial charge in [-0.2, -0.15) is 0 Å². The van der Waals surface area contributed by atoms with Crippen LogP contribution in [0.5, 0.6) is 0 Å². The van der Waals surface area contributed by atoms with Crippen LogP contribution in [0.3, 0.4) is 0 Å². The second-order valence-corrected chi connectivity index (χ2v) is 20.7. The maximum atomic E-state index is 11.7. The molecule has 0 aliphatic heterocycles. The third-order valence-electron chi connectivity index (χ3n) is 3.74. The molecule has 0 aliphatic rings. The van der Waals surface area contributed by atoms with Crippen LogP contribution in [-0.4, -0.2) is 41.0 Å². The molecule has 5 heteroatoms. The Morgan fingerprint density at radius 1 is 1.24 bits per heavy atom. The average molecular weight is 393 g/mol. The Bertz CT molecular complexity index is 626. The van der Waals surface area contributed by atoms with E-state index in [0.29, 0.717) is 5.69 Å². The quantitative estimate of drug-likeness (QED) is 0.593. The van der Waals surface area contributed by atoms with Crippen LogP contribution < -0.4 is 3.58 Å². The summed E-state index contributed by atoms with van der Waals surface area (Å²) in [7, 11) is 1.38. The van der Waals surface area contributed by atoms with Gasteiger partial charge < -0.3 is 0 Å². The van der Waals surface area contributed by atoms with E-state index >= 15 is 0 Å². The van der Waals surface area contributed by atoms with Crippen molar-refractivity contribution in [2.24, 2.45) is 0 Å². The van der Waals surface area contributed by atoms with Gasteiger partial charge in [-0.1, -0.05) is 0 Å². The molecule has 0 fully saturated rings. The van der Waals surface area contributed by atoms with Crippen LogP contribution in [0, 0.1) is 0 Å². The van der Waals surface area contributed by atoms with Gasteiger partial charge in [0.25, 0.3) is 0 Å². The maximum absolute atomic E-state index is 11.7. The molecule has 1 unspecified atom stereocenters. The molecule has 1 atom stereocenters. The Morgan fingerprint density at radius 2 is 1.86 bits per heavy atom. The Morgan fingerprint density at radius 3 is 2.38 bits per heavy atom. The Kier molecular flexibility index (Phi) is 4.76. The van der Waals surface area contributed by atoms with E-state index in [4.69, 9.17) is 4.74 Å². The third-order valence-corrected chi connectivity index (χ3v) is 9.63. The first-order valence-corrected chi connectivity index (χ1v) is 17.0. The molecule has 1 aromatic heterocycles. The molecule has 0 aliphatic carbocycles. The summed E-state index contributed by atoms with van der Waals surface area (Å²) in [5, 5.41) is 0. The number of rotatable bonds is 4. The normalized spacial score (nSPS) is 13.0. The molecule has 2 rings (SSSR count). The summed E-state index contributed by atoms with van der Waals surface area (Å²) in [6.07, 6.45) is 3.22. The minimum absolute atomic E-state index is 0.0471. The van der Waals surface area contributed by atoms with Crippen molar-refractivity contribution in [3.63, 3.8) is 0 Å². The number of carbonyl (C=O) groups excluding carboxylic acids is 1. The fraction of sp³-hybridized carbons (Fsp3) is 0.375. The summed E-state index contributed by atoms with van der Waals surface area (Å²) in [6, 6.07) is 8.82. The number of benzene rings is 1. The molecule has 0 spiro atoms. The van der Waals surface area contributed by atoms with Gasteiger partial charge in [-0.25, -0.2) is 0 Å². The van der Waals surface area contributed by atoms with E-state index in [2.05, 4.69) is 51.0 Å². The zero-order valence-corrected chi connectivity index (χ0v) is 16.1. The molecule has 0 radical (unpaired) electrons. The first kappa shape index (κ1) is 16.1. The number of hydrogen-bond donors (Lipinski definition) is 0. The summed E-state index contributed by atoms with van der Waals surface area (Å²) >= 11 is -2.01. The standard InChI is InChI=1S/C13H13N2O2.3CH3.Sn/c1-10(11-6-4-3-5-7-11)15-9-14-8-12(15)13(16)17-2;;;;/h4-10H,1-2H3;3*1H3;. The van der Waals surface area contributed by atoms with Crippen LogP contribution in [0.2, 0.25) is 14.8 Å². The number of nitrogens with zero attached hydrogens (tertiary/aromatic N) is 2. The Hall–Kier alpha value is -1.30. The van der Waals surface area contributed by atoms with Crippen LogP contribution >= 0.6 is 0 Å². The minimum atomic E-state index is -2.01. The number of esters is 1. The predicted molar refractivity (Wildman–Crippen MR) is 86.8 cm³/mol. The van der Waals surface area contributed by atoms with Gasteiger partial charge >= 0.3 is 130 Å². The zero-order valence-electron chi connectivity index (χ0n) is 13.3. The summed E-state index contributed by atoms with van der Waals surface area (Å²) in [6.45, 7) is 2.06. The molecule has 0 saturated heterocycles. The van der Waals surface area contributed by atoms with Gasteiger partial charge in [0, 0.05) is 0 Å². The van der Waals surface area contributed by atoms with E-state index in [1.807, 2.05) is 4.57 Å². The van der Waals surface area contributed by atoms with Crippen LogP contribution in [0.4, 0.5) is 0 Å². The van der Waals surface area contributed by atoms with E-state index in [1.165, 1.54) is 10.7 Å². The van der Waals surface area contributed by atoms with Gasteiger partial charge in [-0.3, -0.25) is 0 Å². The van der Waals surface area contributed by atoms with E-state index in [9.17, 15) is 4.79 Å². The van der Waals surface area contributed by atoms with Crippen LogP contribution in [0.25, 0.3) is 0 Å². The van der Waals surface area contributed by atoms with Crippen molar-refractivity contribution in [3.8, 4) is 0 Å². The molecule has 2 aromatic rings. The molecule has 0 N–H and O–H groups in total. The number of ether oxygens (including phenoxy) is 1. The van der Waals surface area contributed by atoms with Crippen molar-refractivity contribution in [3.05, 3.63) is 48.0 Å². The molecule has 0 bridgehead atoms.